The number of carbonyl (C=O) groups is 1. The van der Waals surface area contributed by atoms with Gasteiger partial charge in [-0.2, -0.15) is 0 Å². The molecule has 6 nitrogen and oxygen atoms in total. The van der Waals surface area contributed by atoms with Crippen LogP contribution in [0.5, 0.6) is 0 Å². The van der Waals surface area contributed by atoms with E-state index in [1.54, 1.807) is 37.3 Å². The lowest BCUT2D eigenvalue weighted by atomic mass is 9.77. The van der Waals surface area contributed by atoms with Crippen molar-refractivity contribution in [2.75, 3.05) is 11.9 Å². The second-order valence-corrected chi connectivity index (χ2v) is 11.7. The van der Waals surface area contributed by atoms with Gasteiger partial charge in [0.2, 0.25) is 0 Å². The van der Waals surface area contributed by atoms with Crippen LogP contribution >= 0.6 is 46.6 Å². The van der Waals surface area contributed by atoms with Crippen molar-refractivity contribution in [3.63, 3.8) is 0 Å². The quantitative estimate of drug-likeness (QED) is 0.138. The van der Waals surface area contributed by atoms with E-state index in [2.05, 4.69) is 5.32 Å². The van der Waals surface area contributed by atoms with Crippen molar-refractivity contribution >= 4 is 63.9 Å². The van der Waals surface area contributed by atoms with E-state index in [0.29, 0.717) is 26.9 Å². The number of rotatable bonds is 6. The molecule has 0 bridgehead atoms. The summed E-state index contributed by atoms with van der Waals surface area (Å²) in [5.74, 6) is -0.490. The zero-order chi connectivity index (χ0) is 26.3. The number of nitro benzene ring substituents is 1. The Labute approximate surface area is 233 Å². The fraction of sp³-hybridized carbons (Fsp3) is 0.296. The number of thioether (sulfide) groups is 1. The summed E-state index contributed by atoms with van der Waals surface area (Å²) in [6.45, 7) is 2.05. The maximum absolute atomic E-state index is 12.5. The molecule has 1 aliphatic carbocycles. The molecule has 1 fully saturated rings. The van der Waals surface area contributed by atoms with E-state index in [0.717, 1.165) is 16.8 Å². The SMILES string of the molecule is CCOC(=O)c1ccc2c(c1)[C@H]1[C@@H](Cl)[C@@H](Sc3ccccc3[N+](=O)[O-])C[C@H]1[C@H](c1ccc(Cl)cc1Cl)N2. The first-order valence-corrected chi connectivity index (χ1v) is 13.9. The predicted octanol–water partition coefficient (Wildman–Crippen LogP) is 8.12. The molecule has 192 valence electrons. The van der Waals surface area contributed by atoms with Gasteiger partial charge in [0.05, 0.1) is 33.4 Å². The summed E-state index contributed by atoms with van der Waals surface area (Å²) in [6, 6.07) is 17.5. The molecule has 1 heterocycles. The van der Waals surface area contributed by atoms with Crippen LogP contribution in [0.15, 0.2) is 65.6 Å². The molecule has 0 radical (unpaired) electrons. The van der Waals surface area contributed by atoms with E-state index in [1.807, 2.05) is 24.3 Å². The van der Waals surface area contributed by atoms with E-state index >= 15 is 0 Å². The van der Waals surface area contributed by atoms with Crippen molar-refractivity contribution in [2.24, 2.45) is 5.92 Å². The molecule has 2 aliphatic rings. The minimum absolute atomic E-state index is 0.0198. The molecule has 0 amide bonds. The first-order valence-electron chi connectivity index (χ1n) is 11.8. The third kappa shape index (κ3) is 5.02. The standard InChI is InChI=1S/C27H23Cl3N2O4S/c1-2-36-27(33)14-7-10-20-17(11-14)24-18(26(31-20)16-9-8-15(28)12-19(16)29)13-23(25(24)30)37-22-6-4-3-5-21(22)32(34)35/h3-12,18,23-26,31H,2,13H2,1H3/t18-,23+,24-,25+,26+/m1/s1. The molecule has 37 heavy (non-hydrogen) atoms. The summed E-state index contributed by atoms with van der Waals surface area (Å²) in [5.41, 5.74) is 3.23. The van der Waals surface area contributed by atoms with Gasteiger partial charge in [0, 0.05) is 33.0 Å². The van der Waals surface area contributed by atoms with Crippen LogP contribution < -0.4 is 5.32 Å². The summed E-state index contributed by atoms with van der Waals surface area (Å²) in [7, 11) is 0. The van der Waals surface area contributed by atoms with Crippen LogP contribution in [0.3, 0.4) is 0 Å². The largest absolute Gasteiger partial charge is 0.462 e. The first kappa shape index (κ1) is 26.2. The highest BCUT2D eigenvalue weighted by atomic mass is 35.5. The Kier molecular flexibility index (Phi) is 7.59. The molecule has 10 heteroatoms. The van der Waals surface area contributed by atoms with E-state index in [1.165, 1.54) is 17.8 Å². The summed E-state index contributed by atoms with van der Waals surface area (Å²) < 4.78 is 5.22. The molecular weight excluding hydrogens is 555 g/mol. The minimum atomic E-state index is -0.389. The zero-order valence-corrected chi connectivity index (χ0v) is 22.8. The van der Waals surface area contributed by atoms with Gasteiger partial charge in [-0.3, -0.25) is 10.1 Å². The maximum atomic E-state index is 12.5. The first-order chi connectivity index (χ1) is 17.8. The highest BCUT2D eigenvalue weighted by Gasteiger charge is 2.51. The monoisotopic (exact) mass is 576 g/mol. The van der Waals surface area contributed by atoms with Gasteiger partial charge in [0.15, 0.2) is 0 Å². The number of hydrogen-bond acceptors (Lipinski definition) is 6. The lowest BCUT2D eigenvalue weighted by Gasteiger charge is -2.39. The normalized spacial score (nSPS) is 24.1. The molecule has 5 rings (SSSR count). The zero-order valence-electron chi connectivity index (χ0n) is 19.7. The Bertz CT molecular complexity index is 1370. The summed E-state index contributed by atoms with van der Waals surface area (Å²) in [5, 5.41) is 15.9. The second kappa shape index (κ2) is 10.7. The van der Waals surface area contributed by atoms with Crippen molar-refractivity contribution in [3.8, 4) is 0 Å². The number of carbonyl (C=O) groups excluding carboxylic acids is 1. The third-order valence-electron chi connectivity index (χ3n) is 6.96. The van der Waals surface area contributed by atoms with Gasteiger partial charge in [-0.15, -0.1) is 23.4 Å². The molecular formula is C27H23Cl3N2O4S. The average molecular weight is 578 g/mol. The smallest absolute Gasteiger partial charge is 0.338 e. The van der Waals surface area contributed by atoms with E-state index < -0.39 is 0 Å². The number of nitrogens with one attached hydrogen (secondary N) is 1. The van der Waals surface area contributed by atoms with Crippen LogP contribution in [0, 0.1) is 16.0 Å². The number of nitro groups is 1. The third-order valence-corrected chi connectivity index (χ3v) is 9.64. The Balaban J connectivity index is 1.57. The van der Waals surface area contributed by atoms with Crippen LogP contribution in [-0.2, 0) is 4.74 Å². The maximum Gasteiger partial charge on any atom is 0.338 e. The average Bonchev–Trinajstić information content (AvgIpc) is 3.20. The number of anilines is 1. The predicted molar refractivity (Wildman–Crippen MR) is 148 cm³/mol. The number of ether oxygens (including phenoxy) is 1. The van der Waals surface area contributed by atoms with Crippen molar-refractivity contribution in [3.05, 3.63) is 97.5 Å². The Morgan fingerprint density at radius 3 is 2.65 bits per heavy atom. The van der Waals surface area contributed by atoms with Crippen molar-refractivity contribution in [1.29, 1.82) is 0 Å². The summed E-state index contributed by atoms with van der Waals surface area (Å²) in [4.78, 5) is 24.3. The number of para-hydroxylation sites is 1. The summed E-state index contributed by atoms with van der Waals surface area (Å²) in [6.07, 6.45) is 0.690. The van der Waals surface area contributed by atoms with Gasteiger partial charge in [-0.1, -0.05) is 41.4 Å². The van der Waals surface area contributed by atoms with Crippen LogP contribution in [0.25, 0.3) is 0 Å². The Hall–Kier alpha value is -2.45. The van der Waals surface area contributed by atoms with Crippen LogP contribution in [0.4, 0.5) is 11.4 Å². The number of esters is 1. The molecule has 3 aromatic rings. The molecule has 0 aromatic heterocycles. The fourth-order valence-electron chi connectivity index (χ4n) is 5.39. The Morgan fingerprint density at radius 2 is 1.92 bits per heavy atom. The van der Waals surface area contributed by atoms with Crippen LogP contribution in [0.2, 0.25) is 10.0 Å². The number of hydrogen-bond donors (Lipinski definition) is 1. The molecule has 1 saturated carbocycles. The van der Waals surface area contributed by atoms with E-state index in [4.69, 9.17) is 39.5 Å². The molecule has 1 N–H and O–H groups in total. The van der Waals surface area contributed by atoms with Crippen molar-refractivity contribution < 1.29 is 14.5 Å². The lowest BCUT2D eigenvalue weighted by molar-refractivity contribution is -0.387. The number of alkyl halides is 1. The van der Waals surface area contributed by atoms with Crippen molar-refractivity contribution in [2.45, 2.75) is 40.8 Å². The Morgan fingerprint density at radius 1 is 1.14 bits per heavy atom. The molecule has 0 spiro atoms. The van der Waals surface area contributed by atoms with Crippen LogP contribution in [-0.4, -0.2) is 28.1 Å². The second-order valence-electron chi connectivity index (χ2n) is 9.06. The van der Waals surface area contributed by atoms with Crippen LogP contribution in [0.1, 0.15) is 46.8 Å². The van der Waals surface area contributed by atoms with Gasteiger partial charge in [0.25, 0.3) is 5.69 Å². The van der Waals surface area contributed by atoms with Gasteiger partial charge in [-0.25, -0.2) is 4.79 Å². The van der Waals surface area contributed by atoms with E-state index in [-0.39, 0.29) is 51.7 Å². The number of halogens is 3. The minimum Gasteiger partial charge on any atom is -0.462 e. The van der Waals surface area contributed by atoms with E-state index in [9.17, 15) is 14.9 Å². The highest BCUT2D eigenvalue weighted by Crippen LogP contribution is 2.58. The number of nitrogens with zero attached hydrogens (tertiary/aromatic N) is 1. The lowest BCUT2D eigenvalue weighted by Crippen LogP contribution is -2.31. The highest BCUT2D eigenvalue weighted by molar-refractivity contribution is 8.00. The van der Waals surface area contributed by atoms with Gasteiger partial charge < -0.3 is 10.1 Å². The van der Waals surface area contributed by atoms with Gasteiger partial charge in [0.1, 0.15) is 0 Å². The number of fused-ring (bicyclic) bond motifs is 3. The number of benzene rings is 3. The molecule has 1 aliphatic heterocycles. The molecule has 0 saturated heterocycles. The van der Waals surface area contributed by atoms with Gasteiger partial charge in [-0.05, 0) is 66.8 Å². The molecule has 5 atom stereocenters. The summed E-state index contributed by atoms with van der Waals surface area (Å²) >= 11 is 21.4. The topological polar surface area (TPSA) is 81.5 Å². The van der Waals surface area contributed by atoms with Gasteiger partial charge >= 0.3 is 5.97 Å². The fourth-order valence-corrected chi connectivity index (χ4v) is 7.86. The molecule has 0 unspecified atom stereocenters. The van der Waals surface area contributed by atoms with Crippen molar-refractivity contribution in [1.82, 2.24) is 0 Å². The molecule has 3 aromatic carbocycles.